The normalized spacial score (nSPS) is 16.1. The third-order valence-corrected chi connectivity index (χ3v) is 5.84. The van der Waals surface area contributed by atoms with Gasteiger partial charge in [0.25, 0.3) is 5.89 Å². The number of hydrogen-bond acceptors (Lipinski definition) is 7. The third kappa shape index (κ3) is 3.53. The van der Waals surface area contributed by atoms with Gasteiger partial charge in [-0.05, 0) is 18.2 Å². The lowest BCUT2D eigenvalue weighted by Gasteiger charge is -2.32. The molecule has 1 amide bonds. The molecule has 1 unspecified atom stereocenters. The summed E-state index contributed by atoms with van der Waals surface area (Å²) in [6, 6.07) is 2.71. The Balaban J connectivity index is 1.39. The van der Waals surface area contributed by atoms with E-state index in [1.165, 1.54) is 34.2 Å². The number of alkyl halides is 3. The van der Waals surface area contributed by atoms with Gasteiger partial charge in [-0.1, -0.05) is 0 Å². The van der Waals surface area contributed by atoms with Crippen LogP contribution in [-0.4, -0.2) is 56.9 Å². The zero-order chi connectivity index (χ0) is 24.3. The Labute approximate surface area is 194 Å². The fourth-order valence-corrected chi connectivity index (χ4v) is 4.20. The summed E-state index contributed by atoms with van der Waals surface area (Å²) < 4.78 is 48.1. The quantitative estimate of drug-likeness (QED) is 0.419. The maximum absolute atomic E-state index is 13.5. The van der Waals surface area contributed by atoms with E-state index < -0.39 is 23.7 Å². The smallest absolute Gasteiger partial charge is 0.412 e. The number of H-pyrrole nitrogens is 1. The molecular formula is C21H16F3N9O2. The fourth-order valence-electron chi connectivity index (χ4n) is 4.20. The minimum atomic E-state index is -4.49. The summed E-state index contributed by atoms with van der Waals surface area (Å²) in [6.07, 6.45) is 1.96. The lowest BCUT2D eigenvalue weighted by molar-refractivity contribution is -0.137. The number of nitrogens with one attached hydrogen (secondary N) is 1. The summed E-state index contributed by atoms with van der Waals surface area (Å²) in [5.74, 6) is -0.627. The van der Waals surface area contributed by atoms with E-state index in [4.69, 9.17) is 4.42 Å². The van der Waals surface area contributed by atoms with Crippen LogP contribution in [0.5, 0.6) is 0 Å². The molecule has 0 aliphatic carbocycles. The zero-order valence-electron chi connectivity index (χ0n) is 18.1. The second kappa shape index (κ2) is 7.51. The van der Waals surface area contributed by atoms with Gasteiger partial charge in [0.2, 0.25) is 0 Å². The first kappa shape index (κ1) is 21.1. The summed E-state index contributed by atoms with van der Waals surface area (Å²) in [5, 5.41) is 16.4. The molecule has 5 aromatic rings. The van der Waals surface area contributed by atoms with Gasteiger partial charge in [0, 0.05) is 38.1 Å². The van der Waals surface area contributed by atoms with Gasteiger partial charge in [0.15, 0.2) is 0 Å². The van der Waals surface area contributed by atoms with Crippen LogP contribution in [0.3, 0.4) is 0 Å². The summed E-state index contributed by atoms with van der Waals surface area (Å²) in [4.78, 5) is 22.4. The van der Waals surface area contributed by atoms with Gasteiger partial charge in [-0.2, -0.15) is 23.4 Å². The van der Waals surface area contributed by atoms with E-state index in [9.17, 15) is 18.0 Å². The van der Waals surface area contributed by atoms with Gasteiger partial charge in [0.05, 0.1) is 40.6 Å². The molecule has 178 valence electrons. The second-order valence-electron chi connectivity index (χ2n) is 8.08. The Morgan fingerprint density at radius 3 is 2.89 bits per heavy atom. The monoisotopic (exact) mass is 483 g/mol. The highest BCUT2D eigenvalue weighted by Gasteiger charge is 2.38. The number of nitrogens with zero attached hydrogens (tertiary/aromatic N) is 8. The molecule has 0 bridgehead atoms. The fraction of sp³-hybridized carbons (Fsp3) is 0.238. The van der Waals surface area contributed by atoms with Crippen molar-refractivity contribution in [3.05, 3.63) is 71.7 Å². The van der Waals surface area contributed by atoms with Gasteiger partial charge in [-0.25, -0.2) is 9.50 Å². The number of imidazole rings is 1. The van der Waals surface area contributed by atoms with Crippen LogP contribution in [0.1, 0.15) is 39.4 Å². The average molecular weight is 483 g/mol. The van der Waals surface area contributed by atoms with Crippen molar-refractivity contribution in [3.8, 4) is 11.5 Å². The maximum Gasteiger partial charge on any atom is 0.416 e. The molecule has 1 aliphatic rings. The molecule has 35 heavy (non-hydrogen) atoms. The second-order valence-corrected chi connectivity index (χ2v) is 8.08. The Kier molecular flexibility index (Phi) is 4.52. The van der Waals surface area contributed by atoms with Crippen molar-refractivity contribution in [2.24, 2.45) is 7.05 Å². The van der Waals surface area contributed by atoms with E-state index in [-0.39, 0.29) is 23.8 Å². The topological polar surface area (TPSA) is 123 Å². The van der Waals surface area contributed by atoms with Crippen LogP contribution in [0.4, 0.5) is 13.2 Å². The molecule has 1 atom stereocenters. The number of amides is 1. The molecule has 5 aromatic heterocycles. The van der Waals surface area contributed by atoms with Crippen molar-refractivity contribution in [1.82, 2.24) is 44.5 Å². The highest BCUT2D eigenvalue weighted by atomic mass is 19.4. The molecule has 0 fully saturated rings. The third-order valence-electron chi connectivity index (χ3n) is 5.84. The molecule has 1 aliphatic heterocycles. The number of pyridine rings is 1. The summed E-state index contributed by atoms with van der Waals surface area (Å²) in [6.45, 7) is 0.283. The molecule has 0 aromatic carbocycles. The van der Waals surface area contributed by atoms with Gasteiger partial charge in [0.1, 0.15) is 6.04 Å². The largest absolute Gasteiger partial charge is 0.416 e. The number of fused-ring (bicyclic) bond motifs is 2. The number of carbonyl (C=O) groups excluding carboxylic acids is 1. The van der Waals surface area contributed by atoms with Crippen LogP contribution >= 0.6 is 0 Å². The van der Waals surface area contributed by atoms with Crippen LogP contribution in [-0.2, 0) is 19.6 Å². The molecule has 0 saturated heterocycles. The van der Waals surface area contributed by atoms with Gasteiger partial charge < -0.3 is 14.3 Å². The summed E-state index contributed by atoms with van der Waals surface area (Å²) in [7, 11) is 1.73. The van der Waals surface area contributed by atoms with Gasteiger partial charge >= 0.3 is 18.0 Å². The first-order valence-electron chi connectivity index (χ1n) is 10.5. The van der Waals surface area contributed by atoms with E-state index in [1.807, 2.05) is 0 Å². The Hall–Kier alpha value is -4.49. The molecule has 0 spiro atoms. The van der Waals surface area contributed by atoms with Crippen LogP contribution in [0, 0.1) is 0 Å². The summed E-state index contributed by atoms with van der Waals surface area (Å²) >= 11 is 0. The predicted molar refractivity (Wildman–Crippen MR) is 112 cm³/mol. The van der Waals surface area contributed by atoms with E-state index in [2.05, 4.69) is 30.4 Å². The van der Waals surface area contributed by atoms with Crippen molar-refractivity contribution in [1.29, 1.82) is 0 Å². The Morgan fingerprint density at radius 1 is 1.26 bits per heavy atom. The molecule has 6 heterocycles. The average Bonchev–Trinajstić information content (AvgIpc) is 3.62. The molecule has 0 radical (unpaired) electrons. The molecule has 0 saturated carbocycles. The van der Waals surface area contributed by atoms with Crippen molar-refractivity contribution in [2.75, 3.05) is 6.54 Å². The Bertz CT molecular complexity index is 1560. The molecule has 1 N–H and O–H groups in total. The number of aromatic nitrogens is 8. The van der Waals surface area contributed by atoms with E-state index in [0.717, 1.165) is 17.8 Å². The SMILES string of the molecule is Cn1cc(-c2nnc(C(=O)N3CCc4[nH]cnc4C3c3cc4cc(C(F)(F)F)ccn4n3)o2)cn1. The van der Waals surface area contributed by atoms with Crippen molar-refractivity contribution in [3.63, 3.8) is 0 Å². The molecular weight excluding hydrogens is 467 g/mol. The van der Waals surface area contributed by atoms with E-state index in [0.29, 0.717) is 23.4 Å². The summed E-state index contributed by atoms with van der Waals surface area (Å²) in [5.41, 5.74) is 1.73. The maximum atomic E-state index is 13.5. The highest BCUT2D eigenvalue weighted by Crippen LogP contribution is 2.35. The van der Waals surface area contributed by atoms with Crippen LogP contribution < -0.4 is 0 Å². The molecule has 11 nitrogen and oxygen atoms in total. The van der Waals surface area contributed by atoms with Crippen LogP contribution in [0.2, 0.25) is 0 Å². The van der Waals surface area contributed by atoms with Crippen LogP contribution in [0.15, 0.2) is 47.5 Å². The minimum Gasteiger partial charge on any atom is -0.412 e. The number of halogens is 3. The van der Waals surface area contributed by atoms with Crippen LogP contribution in [0.25, 0.3) is 17.0 Å². The van der Waals surface area contributed by atoms with Gasteiger partial charge in [-0.3, -0.25) is 9.48 Å². The Morgan fingerprint density at radius 2 is 2.11 bits per heavy atom. The van der Waals surface area contributed by atoms with Crippen molar-refractivity contribution >= 4 is 11.4 Å². The number of hydrogen-bond donors (Lipinski definition) is 1. The number of carbonyl (C=O) groups is 1. The standard InChI is InChI=1S/C21H16F3N9O2/c1-31-9-11(8-27-31)18-28-29-19(35-18)20(34)32-4-3-14-16(26-10-25-14)17(32)15-7-13-6-12(21(22,23)24)2-5-33(13)30-15/h2,5-10,17H,3-4H2,1H3,(H,25,26). The highest BCUT2D eigenvalue weighted by molar-refractivity contribution is 5.90. The lowest BCUT2D eigenvalue weighted by atomic mass is 9.99. The lowest BCUT2D eigenvalue weighted by Crippen LogP contribution is -2.41. The van der Waals surface area contributed by atoms with Crippen molar-refractivity contribution in [2.45, 2.75) is 18.6 Å². The zero-order valence-corrected chi connectivity index (χ0v) is 18.1. The molecule has 14 heteroatoms. The van der Waals surface area contributed by atoms with E-state index in [1.54, 1.807) is 17.9 Å². The molecule has 6 rings (SSSR count). The van der Waals surface area contributed by atoms with E-state index >= 15 is 0 Å². The van der Waals surface area contributed by atoms with Crippen molar-refractivity contribution < 1.29 is 22.4 Å². The predicted octanol–water partition coefficient (Wildman–Crippen LogP) is 2.65. The van der Waals surface area contributed by atoms with Gasteiger partial charge in [-0.15, -0.1) is 10.2 Å². The first-order valence-corrected chi connectivity index (χ1v) is 10.5. The number of aromatic amines is 1. The minimum absolute atomic E-state index is 0.142. The number of rotatable bonds is 3. The number of aryl methyl sites for hydroxylation is 1. The first-order chi connectivity index (χ1) is 16.8.